The van der Waals surface area contributed by atoms with Crippen molar-refractivity contribution in [3.05, 3.63) is 29.0 Å². The van der Waals surface area contributed by atoms with Gasteiger partial charge in [-0.15, -0.1) is 0 Å². The van der Waals surface area contributed by atoms with Crippen LogP contribution in [0.4, 0.5) is 10.1 Å². The number of amides is 1. The predicted octanol–water partition coefficient (Wildman–Crippen LogP) is 2.56. The van der Waals surface area contributed by atoms with Gasteiger partial charge in [-0.25, -0.2) is 4.39 Å². The van der Waals surface area contributed by atoms with Gasteiger partial charge in [-0.05, 0) is 37.6 Å². The van der Waals surface area contributed by atoms with Crippen molar-refractivity contribution >= 4 is 23.2 Å². The molecule has 5 heteroatoms. The zero-order valence-electron chi connectivity index (χ0n) is 9.30. The summed E-state index contributed by atoms with van der Waals surface area (Å²) < 4.78 is 13.0. The van der Waals surface area contributed by atoms with Crippen molar-refractivity contribution in [2.45, 2.75) is 25.3 Å². The van der Waals surface area contributed by atoms with Crippen molar-refractivity contribution in [3.63, 3.8) is 0 Å². The van der Waals surface area contributed by atoms with Crippen LogP contribution in [0.25, 0.3) is 0 Å². The largest absolute Gasteiger partial charge is 0.323 e. The molecule has 0 aliphatic carbocycles. The van der Waals surface area contributed by atoms with Gasteiger partial charge in [-0.2, -0.15) is 0 Å². The van der Waals surface area contributed by atoms with Crippen LogP contribution in [0.1, 0.15) is 19.3 Å². The van der Waals surface area contributed by atoms with Gasteiger partial charge in [-0.3, -0.25) is 4.79 Å². The number of hydrogen-bond donors (Lipinski definition) is 2. The summed E-state index contributed by atoms with van der Waals surface area (Å²) in [5.74, 6) is -0.571. The molecule has 0 aromatic heterocycles. The molecule has 1 aliphatic rings. The van der Waals surface area contributed by atoms with E-state index in [-0.39, 0.29) is 11.9 Å². The summed E-state index contributed by atoms with van der Waals surface area (Å²) in [5, 5.41) is 6.11. The lowest BCUT2D eigenvalue weighted by atomic mass is 10.0. The number of rotatable bonds is 2. The number of anilines is 1. The first kappa shape index (κ1) is 12.3. The van der Waals surface area contributed by atoms with Crippen LogP contribution in [-0.4, -0.2) is 18.5 Å². The van der Waals surface area contributed by atoms with E-state index in [0.717, 1.165) is 25.8 Å². The van der Waals surface area contributed by atoms with E-state index in [2.05, 4.69) is 10.6 Å². The summed E-state index contributed by atoms with van der Waals surface area (Å²) in [6.07, 6.45) is 2.92. The van der Waals surface area contributed by atoms with E-state index in [1.807, 2.05) is 0 Å². The van der Waals surface area contributed by atoms with Crippen LogP contribution >= 0.6 is 11.6 Å². The molecular weight excluding hydrogens is 243 g/mol. The Hall–Kier alpha value is -1.13. The van der Waals surface area contributed by atoms with E-state index in [9.17, 15) is 9.18 Å². The van der Waals surface area contributed by atoms with Gasteiger partial charge in [0.05, 0.1) is 16.8 Å². The molecule has 1 aromatic carbocycles. The summed E-state index contributed by atoms with van der Waals surface area (Å²) in [6.45, 7) is 0.842. The molecule has 0 saturated carbocycles. The van der Waals surface area contributed by atoms with Crippen molar-refractivity contribution in [2.24, 2.45) is 0 Å². The molecule has 92 valence electrons. The van der Waals surface area contributed by atoms with Crippen molar-refractivity contribution in [3.8, 4) is 0 Å². The average molecular weight is 257 g/mol. The predicted molar refractivity (Wildman–Crippen MR) is 65.7 cm³/mol. The number of carbonyl (C=O) groups is 1. The quantitative estimate of drug-likeness (QED) is 0.854. The molecule has 0 radical (unpaired) electrons. The highest BCUT2D eigenvalue weighted by atomic mass is 35.5. The molecule has 1 atom stereocenters. The van der Waals surface area contributed by atoms with E-state index >= 15 is 0 Å². The van der Waals surface area contributed by atoms with Crippen LogP contribution < -0.4 is 10.6 Å². The smallest absolute Gasteiger partial charge is 0.241 e. The second kappa shape index (κ2) is 5.47. The second-order valence-electron chi connectivity index (χ2n) is 4.12. The second-order valence-corrected chi connectivity index (χ2v) is 4.52. The SMILES string of the molecule is O=C(Nc1cc(F)ccc1Cl)[C@@H]1CCCCN1. The molecule has 2 N–H and O–H groups in total. The molecule has 1 aromatic rings. The van der Waals surface area contributed by atoms with E-state index in [0.29, 0.717) is 10.7 Å². The van der Waals surface area contributed by atoms with Gasteiger partial charge in [0.1, 0.15) is 5.82 Å². The lowest BCUT2D eigenvalue weighted by molar-refractivity contribution is -0.118. The average Bonchev–Trinajstić information content (AvgIpc) is 2.35. The Bertz CT molecular complexity index is 419. The van der Waals surface area contributed by atoms with Crippen molar-refractivity contribution in [2.75, 3.05) is 11.9 Å². The minimum atomic E-state index is -0.415. The third kappa shape index (κ3) is 3.17. The third-order valence-electron chi connectivity index (χ3n) is 2.81. The fraction of sp³-hybridized carbons (Fsp3) is 0.417. The maximum atomic E-state index is 13.0. The lowest BCUT2D eigenvalue weighted by Crippen LogP contribution is -2.43. The lowest BCUT2D eigenvalue weighted by Gasteiger charge is -2.22. The van der Waals surface area contributed by atoms with Crippen LogP contribution in [0.2, 0.25) is 5.02 Å². The molecule has 0 bridgehead atoms. The Morgan fingerprint density at radius 1 is 1.47 bits per heavy atom. The summed E-state index contributed by atoms with van der Waals surface area (Å²) in [6, 6.07) is 3.71. The van der Waals surface area contributed by atoms with Gasteiger partial charge in [0.15, 0.2) is 0 Å². The number of benzene rings is 1. The fourth-order valence-corrected chi connectivity index (χ4v) is 2.05. The molecule has 1 saturated heterocycles. The summed E-state index contributed by atoms with van der Waals surface area (Å²) in [4.78, 5) is 11.9. The minimum absolute atomic E-state index is 0.155. The van der Waals surface area contributed by atoms with Crippen molar-refractivity contribution in [1.82, 2.24) is 5.32 Å². The summed E-state index contributed by atoms with van der Waals surface area (Å²) in [5.41, 5.74) is 0.323. The Kier molecular flexibility index (Phi) is 3.97. The Morgan fingerprint density at radius 2 is 2.29 bits per heavy atom. The molecule has 0 unspecified atom stereocenters. The van der Waals surface area contributed by atoms with Crippen LogP contribution in [0, 0.1) is 5.82 Å². The molecule has 17 heavy (non-hydrogen) atoms. The van der Waals surface area contributed by atoms with Crippen molar-refractivity contribution in [1.29, 1.82) is 0 Å². The highest BCUT2D eigenvalue weighted by Crippen LogP contribution is 2.23. The number of piperidine rings is 1. The summed E-state index contributed by atoms with van der Waals surface area (Å²) in [7, 11) is 0. The monoisotopic (exact) mass is 256 g/mol. The number of carbonyl (C=O) groups excluding carboxylic acids is 1. The molecule has 1 aliphatic heterocycles. The normalized spacial score (nSPS) is 20.0. The van der Waals surface area contributed by atoms with Crippen molar-refractivity contribution < 1.29 is 9.18 Å². The van der Waals surface area contributed by atoms with Gasteiger partial charge < -0.3 is 10.6 Å². The maximum Gasteiger partial charge on any atom is 0.241 e. The first-order valence-electron chi connectivity index (χ1n) is 5.66. The van der Waals surface area contributed by atoms with Gasteiger partial charge in [0.25, 0.3) is 0 Å². The van der Waals surface area contributed by atoms with Gasteiger partial charge in [0, 0.05) is 0 Å². The van der Waals surface area contributed by atoms with E-state index in [4.69, 9.17) is 11.6 Å². The molecule has 1 fully saturated rings. The van der Waals surface area contributed by atoms with Gasteiger partial charge in [0.2, 0.25) is 5.91 Å². The maximum absolute atomic E-state index is 13.0. The highest BCUT2D eigenvalue weighted by molar-refractivity contribution is 6.33. The first-order valence-corrected chi connectivity index (χ1v) is 6.04. The highest BCUT2D eigenvalue weighted by Gasteiger charge is 2.21. The Balaban J connectivity index is 2.04. The summed E-state index contributed by atoms with van der Waals surface area (Å²) >= 11 is 5.88. The number of hydrogen-bond acceptors (Lipinski definition) is 2. The van der Waals surface area contributed by atoms with Crippen LogP contribution in [0.5, 0.6) is 0 Å². The van der Waals surface area contributed by atoms with Crippen LogP contribution in [0.3, 0.4) is 0 Å². The molecule has 0 spiro atoms. The zero-order valence-corrected chi connectivity index (χ0v) is 10.1. The van der Waals surface area contributed by atoms with E-state index < -0.39 is 5.82 Å². The van der Waals surface area contributed by atoms with E-state index in [1.54, 1.807) is 0 Å². The van der Waals surface area contributed by atoms with Gasteiger partial charge >= 0.3 is 0 Å². The molecular formula is C12H14ClFN2O. The van der Waals surface area contributed by atoms with E-state index in [1.165, 1.54) is 18.2 Å². The molecule has 1 amide bonds. The Morgan fingerprint density at radius 3 is 3.00 bits per heavy atom. The first-order chi connectivity index (χ1) is 8.16. The molecule has 3 nitrogen and oxygen atoms in total. The van der Waals surface area contributed by atoms with Crippen LogP contribution in [0.15, 0.2) is 18.2 Å². The number of halogens is 2. The zero-order chi connectivity index (χ0) is 12.3. The van der Waals surface area contributed by atoms with Crippen LogP contribution in [-0.2, 0) is 4.79 Å². The Labute approximate surface area is 104 Å². The number of nitrogens with one attached hydrogen (secondary N) is 2. The standard InChI is InChI=1S/C12H14ClFN2O/c13-9-5-4-8(14)7-11(9)16-12(17)10-3-1-2-6-15-10/h4-5,7,10,15H,1-3,6H2,(H,16,17)/t10-/m0/s1. The molecule has 2 rings (SSSR count). The fourth-order valence-electron chi connectivity index (χ4n) is 1.89. The minimum Gasteiger partial charge on any atom is -0.323 e. The molecule has 1 heterocycles. The third-order valence-corrected chi connectivity index (χ3v) is 3.14. The topological polar surface area (TPSA) is 41.1 Å². The van der Waals surface area contributed by atoms with Gasteiger partial charge in [-0.1, -0.05) is 18.0 Å².